The SMILES string of the molecule is COCCN(C)CCNC(C)c1ccc(C#N)cc1. The second-order valence-corrected chi connectivity index (χ2v) is 4.71. The number of rotatable bonds is 8. The lowest BCUT2D eigenvalue weighted by molar-refractivity contribution is 0.161. The Morgan fingerprint density at radius 3 is 2.58 bits per heavy atom. The van der Waals surface area contributed by atoms with E-state index in [4.69, 9.17) is 10.00 Å². The number of nitrogens with zero attached hydrogens (tertiary/aromatic N) is 2. The van der Waals surface area contributed by atoms with Crippen LogP contribution in [0.3, 0.4) is 0 Å². The van der Waals surface area contributed by atoms with Crippen molar-refractivity contribution in [1.82, 2.24) is 10.2 Å². The fourth-order valence-electron chi connectivity index (χ4n) is 1.80. The molecule has 4 nitrogen and oxygen atoms in total. The third kappa shape index (κ3) is 5.84. The Bertz CT molecular complexity index is 397. The van der Waals surface area contributed by atoms with Crippen molar-refractivity contribution >= 4 is 0 Å². The van der Waals surface area contributed by atoms with E-state index in [0.29, 0.717) is 11.6 Å². The highest BCUT2D eigenvalue weighted by Crippen LogP contribution is 2.12. The first-order valence-corrected chi connectivity index (χ1v) is 6.58. The third-order valence-corrected chi connectivity index (χ3v) is 3.16. The minimum absolute atomic E-state index is 0.295. The van der Waals surface area contributed by atoms with Gasteiger partial charge in [-0.3, -0.25) is 0 Å². The van der Waals surface area contributed by atoms with Gasteiger partial charge < -0.3 is 15.0 Å². The molecule has 0 radical (unpaired) electrons. The molecular formula is C15H23N3O. The topological polar surface area (TPSA) is 48.3 Å². The van der Waals surface area contributed by atoms with E-state index in [1.54, 1.807) is 7.11 Å². The Morgan fingerprint density at radius 2 is 2.00 bits per heavy atom. The molecule has 4 heteroatoms. The van der Waals surface area contributed by atoms with E-state index >= 15 is 0 Å². The van der Waals surface area contributed by atoms with Gasteiger partial charge >= 0.3 is 0 Å². The number of hydrogen-bond donors (Lipinski definition) is 1. The number of hydrogen-bond acceptors (Lipinski definition) is 4. The molecule has 0 saturated carbocycles. The molecule has 104 valence electrons. The Labute approximate surface area is 116 Å². The van der Waals surface area contributed by atoms with Crippen LogP contribution in [0.15, 0.2) is 24.3 Å². The maximum absolute atomic E-state index is 8.76. The van der Waals surface area contributed by atoms with E-state index in [0.717, 1.165) is 26.2 Å². The second kappa shape index (κ2) is 8.65. The first-order chi connectivity index (χ1) is 9.17. The van der Waals surface area contributed by atoms with Crippen LogP contribution in [0.25, 0.3) is 0 Å². The lowest BCUT2D eigenvalue weighted by Crippen LogP contribution is -2.32. The zero-order valence-electron chi connectivity index (χ0n) is 12.0. The number of methoxy groups -OCH3 is 1. The van der Waals surface area contributed by atoms with Gasteiger partial charge in [0, 0.05) is 32.8 Å². The quantitative estimate of drug-likeness (QED) is 0.775. The molecule has 19 heavy (non-hydrogen) atoms. The molecule has 0 spiro atoms. The van der Waals surface area contributed by atoms with Crippen LogP contribution < -0.4 is 5.32 Å². The van der Waals surface area contributed by atoms with E-state index < -0.39 is 0 Å². The van der Waals surface area contributed by atoms with Crippen LogP contribution in [0.1, 0.15) is 24.1 Å². The lowest BCUT2D eigenvalue weighted by atomic mass is 10.1. The van der Waals surface area contributed by atoms with Gasteiger partial charge in [0.05, 0.1) is 18.2 Å². The maximum Gasteiger partial charge on any atom is 0.0991 e. The highest BCUT2D eigenvalue weighted by Gasteiger charge is 2.05. The van der Waals surface area contributed by atoms with Gasteiger partial charge in [0.25, 0.3) is 0 Å². The summed E-state index contributed by atoms with van der Waals surface area (Å²) in [7, 11) is 3.81. The minimum Gasteiger partial charge on any atom is -0.383 e. The summed E-state index contributed by atoms with van der Waals surface area (Å²) in [4.78, 5) is 2.24. The normalized spacial score (nSPS) is 12.4. The first-order valence-electron chi connectivity index (χ1n) is 6.58. The van der Waals surface area contributed by atoms with Gasteiger partial charge in [0.15, 0.2) is 0 Å². The molecule has 1 N–H and O–H groups in total. The Balaban J connectivity index is 2.30. The largest absolute Gasteiger partial charge is 0.383 e. The summed E-state index contributed by atoms with van der Waals surface area (Å²) in [5.74, 6) is 0. The van der Waals surface area contributed by atoms with Gasteiger partial charge in [-0.05, 0) is 31.7 Å². The van der Waals surface area contributed by atoms with E-state index in [9.17, 15) is 0 Å². The first kappa shape index (κ1) is 15.6. The lowest BCUT2D eigenvalue weighted by Gasteiger charge is -2.19. The maximum atomic E-state index is 8.76. The van der Waals surface area contributed by atoms with Gasteiger partial charge in [-0.25, -0.2) is 0 Å². The van der Waals surface area contributed by atoms with E-state index in [2.05, 4.69) is 30.3 Å². The van der Waals surface area contributed by atoms with Crippen molar-refractivity contribution in [2.75, 3.05) is 40.4 Å². The summed E-state index contributed by atoms with van der Waals surface area (Å²) in [5, 5.41) is 12.2. The highest BCUT2D eigenvalue weighted by atomic mass is 16.5. The van der Waals surface area contributed by atoms with Crippen LogP contribution in [0, 0.1) is 11.3 Å². The minimum atomic E-state index is 0.295. The van der Waals surface area contributed by atoms with Crippen LogP contribution in [-0.4, -0.2) is 45.3 Å². The van der Waals surface area contributed by atoms with Crippen molar-refractivity contribution < 1.29 is 4.74 Å². The fourth-order valence-corrected chi connectivity index (χ4v) is 1.80. The zero-order chi connectivity index (χ0) is 14.1. The third-order valence-electron chi connectivity index (χ3n) is 3.16. The van der Waals surface area contributed by atoms with Crippen LogP contribution in [-0.2, 0) is 4.74 Å². The smallest absolute Gasteiger partial charge is 0.0991 e. The highest BCUT2D eigenvalue weighted by molar-refractivity contribution is 5.32. The molecule has 1 unspecified atom stereocenters. The van der Waals surface area contributed by atoms with Crippen molar-refractivity contribution in [2.45, 2.75) is 13.0 Å². The standard InChI is InChI=1S/C15H23N3O/c1-13(15-6-4-14(12-16)5-7-15)17-8-9-18(2)10-11-19-3/h4-7,13,17H,8-11H2,1-3H3. The molecule has 0 amide bonds. The summed E-state index contributed by atoms with van der Waals surface area (Å²) < 4.78 is 5.04. The number of nitriles is 1. The Morgan fingerprint density at radius 1 is 1.32 bits per heavy atom. The summed E-state index contributed by atoms with van der Waals surface area (Å²) in [6.45, 7) is 5.77. The van der Waals surface area contributed by atoms with Gasteiger partial charge in [0.1, 0.15) is 0 Å². The van der Waals surface area contributed by atoms with Crippen molar-refractivity contribution in [2.24, 2.45) is 0 Å². The predicted octanol–water partition coefficient (Wildman–Crippen LogP) is 1.79. The van der Waals surface area contributed by atoms with Crippen molar-refractivity contribution in [3.63, 3.8) is 0 Å². The summed E-state index contributed by atoms with van der Waals surface area (Å²) >= 11 is 0. The molecule has 1 aromatic carbocycles. The average molecular weight is 261 g/mol. The van der Waals surface area contributed by atoms with Gasteiger partial charge in [-0.1, -0.05) is 12.1 Å². The van der Waals surface area contributed by atoms with Crippen molar-refractivity contribution in [3.8, 4) is 6.07 Å². The molecule has 0 bridgehead atoms. The zero-order valence-corrected chi connectivity index (χ0v) is 12.0. The fraction of sp³-hybridized carbons (Fsp3) is 0.533. The summed E-state index contributed by atoms with van der Waals surface area (Å²) in [5.41, 5.74) is 1.91. The molecule has 0 heterocycles. The molecule has 1 rings (SSSR count). The van der Waals surface area contributed by atoms with Crippen LogP contribution in [0.4, 0.5) is 0 Å². The molecular weight excluding hydrogens is 238 g/mol. The van der Waals surface area contributed by atoms with E-state index in [1.165, 1.54) is 5.56 Å². The van der Waals surface area contributed by atoms with E-state index in [-0.39, 0.29) is 0 Å². The molecule has 0 aromatic heterocycles. The predicted molar refractivity (Wildman–Crippen MR) is 76.9 cm³/mol. The Hall–Kier alpha value is -1.41. The monoisotopic (exact) mass is 261 g/mol. The number of benzene rings is 1. The molecule has 0 saturated heterocycles. The molecule has 1 aromatic rings. The summed E-state index contributed by atoms with van der Waals surface area (Å²) in [6.07, 6.45) is 0. The second-order valence-electron chi connectivity index (χ2n) is 4.71. The molecule has 1 atom stereocenters. The molecule has 0 aliphatic carbocycles. The van der Waals surface area contributed by atoms with E-state index in [1.807, 2.05) is 24.3 Å². The van der Waals surface area contributed by atoms with Crippen molar-refractivity contribution in [1.29, 1.82) is 5.26 Å². The van der Waals surface area contributed by atoms with Gasteiger partial charge in [0.2, 0.25) is 0 Å². The van der Waals surface area contributed by atoms with Gasteiger partial charge in [-0.2, -0.15) is 5.26 Å². The number of nitrogens with one attached hydrogen (secondary N) is 1. The van der Waals surface area contributed by atoms with Crippen LogP contribution >= 0.6 is 0 Å². The van der Waals surface area contributed by atoms with Gasteiger partial charge in [-0.15, -0.1) is 0 Å². The average Bonchev–Trinajstić information content (AvgIpc) is 2.45. The molecule has 0 aliphatic rings. The number of likely N-dealkylation sites (N-methyl/N-ethyl adjacent to an activating group) is 1. The van der Waals surface area contributed by atoms with Crippen molar-refractivity contribution in [3.05, 3.63) is 35.4 Å². The Kier molecular flexibility index (Phi) is 7.12. The number of ether oxygens (including phenoxy) is 1. The van der Waals surface area contributed by atoms with Crippen LogP contribution in [0.2, 0.25) is 0 Å². The molecule has 0 fully saturated rings. The summed E-state index contributed by atoms with van der Waals surface area (Å²) in [6, 6.07) is 10.2. The molecule has 0 aliphatic heterocycles. The van der Waals surface area contributed by atoms with Crippen LogP contribution in [0.5, 0.6) is 0 Å².